The second-order valence-electron chi connectivity index (χ2n) is 5.93. The van der Waals surface area contributed by atoms with E-state index in [1.807, 2.05) is 20.0 Å². The number of unbranched alkanes of at least 4 members (excludes halogenated alkanes) is 4. The summed E-state index contributed by atoms with van der Waals surface area (Å²) < 4.78 is 26.5. The molecule has 1 aromatic heterocycles. The summed E-state index contributed by atoms with van der Waals surface area (Å²) in [6.07, 6.45) is 13.3. The van der Waals surface area contributed by atoms with Crippen LogP contribution in [0.15, 0.2) is 12.3 Å². The number of allylic oxidation sites excluding steroid dienone is 1. The van der Waals surface area contributed by atoms with Crippen LogP contribution in [0.5, 0.6) is 0 Å². The summed E-state index contributed by atoms with van der Waals surface area (Å²) in [6.45, 7) is 7.58. The van der Waals surface area contributed by atoms with Crippen molar-refractivity contribution in [2.45, 2.75) is 65.8 Å². The number of nitrogens with zero attached hydrogens (tertiary/aromatic N) is 1. The SMILES string of the molecule is CCCCCCCc1c(P(=O)(OCC)OCC)cn2c1C=CC2. The van der Waals surface area contributed by atoms with Gasteiger partial charge in [-0.1, -0.05) is 38.7 Å². The fourth-order valence-electron chi connectivity index (χ4n) is 3.14. The zero-order chi connectivity index (χ0) is 16.7. The first-order valence-electron chi connectivity index (χ1n) is 8.94. The molecule has 1 aliphatic heterocycles. The van der Waals surface area contributed by atoms with E-state index in [2.05, 4.69) is 23.6 Å². The number of fused-ring (bicyclic) bond motifs is 1. The summed E-state index contributed by atoms with van der Waals surface area (Å²) >= 11 is 0. The summed E-state index contributed by atoms with van der Waals surface area (Å²) in [7, 11) is -3.21. The molecule has 0 bridgehead atoms. The van der Waals surface area contributed by atoms with Gasteiger partial charge in [0, 0.05) is 18.4 Å². The fraction of sp³-hybridized carbons (Fsp3) is 0.667. The maximum Gasteiger partial charge on any atom is 0.363 e. The van der Waals surface area contributed by atoms with Crippen molar-refractivity contribution in [3.8, 4) is 0 Å². The van der Waals surface area contributed by atoms with E-state index in [1.54, 1.807) is 0 Å². The van der Waals surface area contributed by atoms with Crippen molar-refractivity contribution in [1.82, 2.24) is 4.57 Å². The first-order valence-corrected chi connectivity index (χ1v) is 10.5. The molecule has 5 heteroatoms. The van der Waals surface area contributed by atoms with Gasteiger partial charge in [-0.05, 0) is 38.3 Å². The van der Waals surface area contributed by atoms with Gasteiger partial charge in [-0.2, -0.15) is 0 Å². The Labute approximate surface area is 140 Å². The largest absolute Gasteiger partial charge is 0.363 e. The van der Waals surface area contributed by atoms with Crippen molar-refractivity contribution in [3.05, 3.63) is 23.5 Å². The highest BCUT2D eigenvalue weighted by molar-refractivity contribution is 7.62. The molecule has 0 N–H and O–H groups in total. The molecule has 0 fully saturated rings. The van der Waals surface area contributed by atoms with Crippen LogP contribution in [0.4, 0.5) is 0 Å². The van der Waals surface area contributed by atoms with E-state index >= 15 is 0 Å². The molecule has 2 rings (SSSR count). The van der Waals surface area contributed by atoms with Gasteiger partial charge < -0.3 is 13.6 Å². The lowest BCUT2D eigenvalue weighted by atomic mass is 10.1. The highest BCUT2D eigenvalue weighted by Gasteiger charge is 2.33. The Kier molecular flexibility index (Phi) is 7.13. The van der Waals surface area contributed by atoms with E-state index in [9.17, 15) is 4.57 Å². The van der Waals surface area contributed by atoms with E-state index in [0.717, 1.165) is 30.3 Å². The molecule has 0 amide bonds. The molecule has 0 aliphatic carbocycles. The van der Waals surface area contributed by atoms with Crippen molar-refractivity contribution in [2.24, 2.45) is 0 Å². The van der Waals surface area contributed by atoms with Crippen LogP contribution in [0.25, 0.3) is 6.08 Å². The molecule has 2 heterocycles. The van der Waals surface area contributed by atoms with Gasteiger partial charge in [-0.15, -0.1) is 0 Å². The molecule has 0 unspecified atom stereocenters. The van der Waals surface area contributed by atoms with Crippen molar-refractivity contribution in [2.75, 3.05) is 13.2 Å². The van der Waals surface area contributed by atoms with Gasteiger partial charge in [0.2, 0.25) is 0 Å². The van der Waals surface area contributed by atoms with Crippen LogP contribution in [-0.2, 0) is 26.6 Å². The van der Waals surface area contributed by atoms with Crippen LogP contribution in [0, 0.1) is 0 Å². The van der Waals surface area contributed by atoms with Crippen LogP contribution in [-0.4, -0.2) is 17.8 Å². The zero-order valence-corrected chi connectivity index (χ0v) is 15.6. The highest BCUT2D eigenvalue weighted by atomic mass is 31.2. The standard InChI is InChI=1S/C18H30NO3P/c1-4-7-8-9-10-12-16-17-13-11-14-19(17)15-18(16)23(20,21-5-2)22-6-3/h11,13,15H,4-10,12,14H2,1-3H3. The molecule has 0 radical (unpaired) electrons. The summed E-state index contributed by atoms with van der Waals surface area (Å²) in [6, 6.07) is 0. The van der Waals surface area contributed by atoms with Crippen molar-refractivity contribution >= 4 is 19.0 Å². The minimum Gasteiger partial charge on any atom is -0.343 e. The molecule has 0 saturated heterocycles. The molecular weight excluding hydrogens is 309 g/mol. The third-order valence-corrected chi connectivity index (χ3v) is 6.38. The van der Waals surface area contributed by atoms with Crippen LogP contribution >= 0.6 is 7.60 Å². The molecular formula is C18H30NO3P. The summed E-state index contributed by atoms with van der Waals surface area (Å²) in [5, 5.41) is 0.774. The molecule has 0 aromatic carbocycles. The molecule has 1 aliphatic rings. The van der Waals surface area contributed by atoms with Crippen LogP contribution < -0.4 is 5.30 Å². The Balaban J connectivity index is 2.21. The third kappa shape index (κ3) is 4.37. The second-order valence-corrected chi connectivity index (χ2v) is 7.92. The average molecular weight is 339 g/mol. The molecule has 1 aromatic rings. The van der Waals surface area contributed by atoms with E-state index in [0.29, 0.717) is 13.2 Å². The predicted molar refractivity (Wildman–Crippen MR) is 96.4 cm³/mol. The van der Waals surface area contributed by atoms with Crippen LogP contribution in [0.2, 0.25) is 0 Å². The van der Waals surface area contributed by atoms with Crippen LogP contribution in [0.3, 0.4) is 0 Å². The number of hydrogen-bond donors (Lipinski definition) is 0. The zero-order valence-electron chi connectivity index (χ0n) is 14.7. The normalized spacial score (nSPS) is 13.7. The molecule has 23 heavy (non-hydrogen) atoms. The first kappa shape index (κ1) is 18.5. The Morgan fingerprint density at radius 3 is 2.43 bits per heavy atom. The van der Waals surface area contributed by atoms with E-state index in [4.69, 9.17) is 9.05 Å². The van der Waals surface area contributed by atoms with Gasteiger partial charge in [0.15, 0.2) is 0 Å². The maximum absolute atomic E-state index is 13.2. The maximum atomic E-state index is 13.2. The predicted octanol–water partition coefficient (Wildman–Crippen LogP) is 4.92. The van der Waals surface area contributed by atoms with Gasteiger partial charge in [0.05, 0.1) is 18.5 Å². The molecule has 130 valence electrons. The Morgan fingerprint density at radius 1 is 1.09 bits per heavy atom. The summed E-state index contributed by atoms with van der Waals surface area (Å²) in [5.41, 5.74) is 2.33. The lowest BCUT2D eigenvalue weighted by molar-refractivity contribution is 0.229. The van der Waals surface area contributed by atoms with E-state index < -0.39 is 7.60 Å². The number of hydrogen-bond acceptors (Lipinski definition) is 3. The van der Waals surface area contributed by atoms with Crippen molar-refractivity contribution < 1.29 is 13.6 Å². The smallest absolute Gasteiger partial charge is 0.343 e. The summed E-state index contributed by atoms with van der Waals surface area (Å²) in [5.74, 6) is 0. The molecule has 4 nitrogen and oxygen atoms in total. The lowest BCUT2D eigenvalue weighted by Crippen LogP contribution is -2.14. The fourth-order valence-corrected chi connectivity index (χ4v) is 5.01. The summed E-state index contributed by atoms with van der Waals surface area (Å²) in [4.78, 5) is 0. The number of rotatable bonds is 11. The molecule has 0 atom stereocenters. The molecule has 0 spiro atoms. The Morgan fingerprint density at radius 2 is 1.78 bits per heavy atom. The minimum absolute atomic E-state index is 0.392. The van der Waals surface area contributed by atoms with E-state index in [1.165, 1.54) is 31.4 Å². The third-order valence-electron chi connectivity index (χ3n) is 4.21. The van der Waals surface area contributed by atoms with Gasteiger partial charge >= 0.3 is 7.60 Å². The average Bonchev–Trinajstić information content (AvgIpc) is 3.09. The van der Waals surface area contributed by atoms with Crippen molar-refractivity contribution in [3.63, 3.8) is 0 Å². The lowest BCUT2D eigenvalue weighted by Gasteiger charge is -2.18. The van der Waals surface area contributed by atoms with Crippen LogP contribution in [0.1, 0.15) is 64.1 Å². The van der Waals surface area contributed by atoms with Crippen molar-refractivity contribution in [1.29, 1.82) is 0 Å². The van der Waals surface area contributed by atoms with Gasteiger partial charge in [-0.25, -0.2) is 0 Å². The van der Waals surface area contributed by atoms with Gasteiger partial charge in [0.25, 0.3) is 0 Å². The second kappa shape index (κ2) is 8.86. The molecule has 0 saturated carbocycles. The monoisotopic (exact) mass is 339 g/mol. The topological polar surface area (TPSA) is 40.5 Å². The number of aromatic nitrogens is 1. The first-order chi connectivity index (χ1) is 11.2. The van der Waals surface area contributed by atoms with E-state index in [-0.39, 0.29) is 0 Å². The highest BCUT2D eigenvalue weighted by Crippen LogP contribution is 2.49. The Bertz CT molecular complexity index is 567. The Hall–Kier alpha value is -0.830. The minimum atomic E-state index is -3.21. The van der Waals surface area contributed by atoms with Gasteiger partial charge in [-0.3, -0.25) is 4.57 Å². The van der Waals surface area contributed by atoms with Gasteiger partial charge in [0.1, 0.15) is 0 Å². The quantitative estimate of drug-likeness (QED) is 0.424.